The van der Waals surface area contributed by atoms with Gasteiger partial charge in [0.2, 0.25) is 5.91 Å². The van der Waals surface area contributed by atoms with Crippen LogP contribution in [0.1, 0.15) is 20.8 Å². The van der Waals surface area contributed by atoms with Crippen LogP contribution >= 0.6 is 33.9 Å². The average Bonchev–Trinajstić information content (AvgIpc) is 2.76. The van der Waals surface area contributed by atoms with Crippen molar-refractivity contribution in [2.45, 2.75) is 13.5 Å². The smallest absolute Gasteiger partial charge is 0.249 e. The van der Waals surface area contributed by atoms with Crippen molar-refractivity contribution in [2.24, 2.45) is 5.73 Å². The lowest BCUT2D eigenvalue weighted by molar-refractivity contribution is 0.100. The number of halogens is 1. The van der Waals surface area contributed by atoms with Crippen LogP contribution in [0.5, 0.6) is 0 Å². The molecule has 94 valence electrons. The van der Waals surface area contributed by atoms with Gasteiger partial charge in [-0.2, -0.15) is 0 Å². The Morgan fingerprint density at radius 3 is 2.83 bits per heavy atom. The first kappa shape index (κ1) is 13.4. The molecular formula is C13H13IN2OS. The van der Waals surface area contributed by atoms with Gasteiger partial charge in [0.05, 0.1) is 5.56 Å². The van der Waals surface area contributed by atoms with Gasteiger partial charge in [0.1, 0.15) is 0 Å². The van der Waals surface area contributed by atoms with Crippen LogP contribution in [0.4, 0.5) is 5.69 Å². The second kappa shape index (κ2) is 5.71. The van der Waals surface area contributed by atoms with Gasteiger partial charge in [0, 0.05) is 26.1 Å². The van der Waals surface area contributed by atoms with E-state index >= 15 is 0 Å². The molecular weight excluding hydrogens is 359 g/mol. The standard InChI is InChI=1S/C13H13IN2OS/c1-8-4-10(14)2-3-12(8)16-6-11-5-9(7-18-11)13(15)17/h2-5,7,16H,6H2,1H3,(H2,15,17). The SMILES string of the molecule is Cc1cc(I)ccc1NCc1cc(C(N)=O)cs1. The molecule has 18 heavy (non-hydrogen) atoms. The van der Waals surface area contributed by atoms with Crippen molar-refractivity contribution in [1.29, 1.82) is 0 Å². The Balaban J connectivity index is 2.04. The van der Waals surface area contributed by atoms with Gasteiger partial charge in [-0.25, -0.2) is 0 Å². The molecule has 2 aromatic rings. The van der Waals surface area contributed by atoms with Crippen LogP contribution < -0.4 is 11.1 Å². The van der Waals surface area contributed by atoms with Crippen LogP contribution in [0.3, 0.4) is 0 Å². The zero-order chi connectivity index (χ0) is 13.1. The lowest BCUT2D eigenvalue weighted by Crippen LogP contribution is -2.09. The second-order valence-corrected chi connectivity index (χ2v) is 6.22. The number of carbonyl (C=O) groups is 1. The van der Waals surface area contributed by atoms with E-state index in [0.29, 0.717) is 12.1 Å². The van der Waals surface area contributed by atoms with Crippen molar-refractivity contribution in [3.8, 4) is 0 Å². The van der Waals surface area contributed by atoms with E-state index in [0.717, 1.165) is 10.6 Å². The highest BCUT2D eigenvalue weighted by molar-refractivity contribution is 14.1. The molecule has 0 atom stereocenters. The Morgan fingerprint density at radius 2 is 2.22 bits per heavy atom. The van der Waals surface area contributed by atoms with Crippen LogP contribution in [0.25, 0.3) is 0 Å². The fourth-order valence-corrected chi connectivity index (χ4v) is 3.07. The van der Waals surface area contributed by atoms with E-state index in [1.54, 1.807) is 16.7 Å². The molecule has 0 saturated carbocycles. The summed E-state index contributed by atoms with van der Waals surface area (Å²) in [6.07, 6.45) is 0. The molecule has 0 bridgehead atoms. The normalized spacial score (nSPS) is 10.3. The minimum absolute atomic E-state index is 0.372. The van der Waals surface area contributed by atoms with E-state index < -0.39 is 0 Å². The molecule has 1 aromatic carbocycles. The first-order chi connectivity index (χ1) is 8.56. The Morgan fingerprint density at radius 1 is 1.44 bits per heavy atom. The summed E-state index contributed by atoms with van der Waals surface area (Å²) in [7, 11) is 0. The van der Waals surface area contributed by atoms with E-state index in [1.165, 1.54) is 9.13 Å². The van der Waals surface area contributed by atoms with Crippen LogP contribution in [-0.4, -0.2) is 5.91 Å². The van der Waals surface area contributed by atoms with Gasteiger partial charge in [0.15, 0.2) is 0 Å². The van der Waals surface area contributed by atoms with Gasteiger partial charge < -0.3 is 11.1 Å². The van der Waals surface area contributed by atoms with Crippen molar-refractivity contribution in [1.82, 2.24) is 0 Å². The molecule has 0 aliphatic carbocycles. The molecule has 1 aromatic heterocycles. The number of amides is 1. The number of nitrogens with two attached hydrogens (primary N) is 1. The fraction of sp³-hybridized carbons (Fsp3) is 0.154. The Labute approximate surface area is 124 Å². The number of carbonyl (C=O) groups excluding carboxylic acids is 1. The quantitative estimate of drug-likeness (QED) is 0.809. The maximum Gasteiger partial charge on any atom is 0.249 e. The fourth-order valence-electron chi connectivity index (χ4n) is 1.61. The molecule has 2 rings (SSSR count). The number of nitrogens with one attached hydrogen (secondary N) is 1. The third kappa shape index (κ3) is 3.23. The maximum absolute atomic E-state index is 11.0. The van der Waals surface area contributed by atoms with Crippen molar-refractivity contribution in [3.05, 3.63) is 49.2 Å². The molecule has 0 spiro atoms. The number of rotatable bonds is 4. The van der Waals surface area contributed by atoms with Crippen molar-refractivity contribution >= 4 is 45.5 Å². The second-order valence-electron chi connectivity index (χ2n) is 3.98. The van der Waals surface area contributed by atoms with E-state index in [9.17, 15) is 4.79 Å². The highest BCUT2D eigenvalue weighted by Crippen LogP contribution is 2.20. The number of primary amides is 1. The van der Waals surface area contributed by atoms with Crippen LogP contribution in [-0.2, 0) is 6.54 Å². The number of anilines is 1. The third-order valence-electron chi connectivity index (χ3n) is 2.58. The monoisotopic (exact) mass is 372 g/mol. The molecule has 0 aliphatic rings. The molecule has 3 nitrogen and oxygen atoms in total. The average molecular weight is 372 g/mol. The van der Waals surface area contributed by atoms with Crippen LogP contribution in [0.15, 0.2) is 29.6 Å². The minimum Gasteiger partial charge on any atom is -0.380 e. The number of hydrogen-bond acceptors (Lipinski definition) is 3. The Hall–Kier alpha value is -1.08. The summed E-state index contributed by atoms with van der Waals surface area (Å²) >= 11 is 3.84. The molecule has 0 unspecified atom stereocenters. The molecule has 1 heterocycles. The largest absolute Gasteiger partial charge is 0.380 e. The molecule has 0 aliphatic heterocycles. The van der Waals surface area contributed by atoms with Gasteiger partial charge >= 0.3 is 0 Å². The summed E-state index contributed by atoms with van der Waals surface area (Å²) < 4.78 is 1.22. The van der Waals surface area contributed by atoms with Gasteiger partial charge in [-0.1, -0.05) is 0 Å². The van der Waals surface area contributed by atoms with Crippen LogP contribution in [0, 0.1) is 10.5 Å². The lowest BCUT2D eigenvalue weighted by Gasteiger charge is -2.08. The highest BCUT2D eigenvalue weighted by atomic mass is 127. The van der Waals surface area contributed by atoms with Gasteiger partial charge in [-0.3, -0.25) is 4.79 Å². The minimum atomic E-state index is -0.372. The zero-order valence-electron chi connectivity index (χ0n) is 9.87. The molecule has 1 amide bonds. The highest BCUT2D eigenvalue weighted by Gasteiger charge is 2.05. The molecule has 0 saturated heterocycles. The van der Waals surface area contributed by atoms with Gasteiger partial charge in [0.25, 0.3) is 0 Å². The number of thiophene rings is 1. The number of benzene rings is 1. The molecule has 3 N–H and O–H groups in total. The summed E-state index contributed by atoms with van der Waals surface area (Å²) in [6, 6.07) is 8.10. The van der Waals surface area contributed by atoms with E-state index in [1.807, 2.05) is 6.07 Å². The Bertz CT molecular complexity index is 580. The van der Waals surface area contributed by atoms with Crippen LogP contribution in [0.2, 0.25) is 0 Å². The molecule has 5 heteroatoms. The molecule has 0 fully saturated rings. The summed E-state index contributed by atoms with van der Waals surface area (Å²) in [5.74, 6) is -0.372. The van der Waals surface area contributed by atoms with Gasteiger partial charge in [-0.05, 0) is 59.3 Å². The van der Waals surface area contributed by atoms with Crippen molar-refractivity contribution < 1.29 is 4.79 Å². The molecule has 0 radical (unpaired) electrons. The van der Waals surface area contributed by atoms with Crippen molar-refractivity contribution in [2.75, 3.05) is 5.32 Å². The first-order valence-corrected chi connectivity index (χ1v) is 7.39. The van der Waals surface area contributed by atoms with E-state index in [2.05, 4.69) is 53.0 Å². The predicted molar refractivity (Wildman–Crippen MR) is 84.1 cm³/mol. The summed E-state index contributed by atoms with van der Waals surface area (Å²) in [6.45, 7) is 2.78. The number of aryl methyl sites for hydroxylation is 1. The zero-order valence-corrected chi connectivity index (χ0v) is 12.8. The van der Waals surface area contributed by atoms with E-state index in [4.69, 9.17) is 5.73 Å². The third-order valence-corrected chi connectivity index (χ3v) is 4.19. The topological polar surface area (TPSA) is 55.1 Å². The first-order valence-electron chi connectivity index (χ1n) is 5.43. The number of hydrogen-bond donors (Lipinski definition) is 2. The summed E-state index contributed by atoms with van der Waals surface area (Å²) in [4.78, 5) is 12.1. The van der Waals surface area contributed by atoms with Crippen molar-refractivity contribution in [3.63, 3.8) is 0 Å². The lowest BCUT2D eigenvalue weighted by atomic mass is 10.2. The summed E-state index contributed by atoms with van der Waals surface area (Å²) in [5, 5.41) is 5.16. The van der Waals surface area contributed by atoms with Gasteiger partial charge in [-0.15, -0.1) is 11.3 Å². The Kier molecular flexibility index (Phi) is 4.23. The maximum atomic E-state index is 11.0. The van der Waals surface area contributed by atoms with E-state index in [-0.39, 0.29) is 5.91 Å². The summed E-state index contributed by atoms with van der Waals surface area (Å²) in [5.41, 5.74) is 8.13. The predicted octanol–water partition coefficient (Wildman–Crippen LogP) is 3.37.